The molecule has 1 fully saturated rings. The van der Waals surface area contributed by atoms with E-state index in [1.807, 2.05) is 17.0 Å². The van der Waals surface area contributed by atoms with Crippen LogP contribution in [0.15, 0.2) is 53.1 Å². The van der Waals surface area contributed by atoms with E-state index in [2.05, 4.69) is 10.1 Å². The number of halogens is 1. The van der Waals surface area contributed by atoms with Crippen molar-refractivity contribution in [2.45, 2.75) is 19.3 Å². The maximum absolute atomic E-state index is 13.0. The second-order valence-corrected chi connectivity index (χ2v) is 6.36. The molecule has 2 aromatic carbocycles. The minimum Gasteiger partial charge on any atom is -0.339 e. The first-order chi connectivity index (χ1) is 12.7. The van der Waals surface area contributed by atoms with E-state index in [4.69, 9.17) is 4.52 Å². The van der Waals surface area contributed by atoms with Crippen LogP contribution >= 0.6 is 0 Å². The Morgan fingerprint density at radius 3 is 2.54 bits per heavy atom. The summed E-state index contributed by atoms with van der Waals surface area (Å²) in [6, 6.07) is 13.1. The van der Waals surface area contributed by atoms with Crippen LogP contribution in [0.25, 0.3) is 22.8 Å². The monoisotopic (exact) mass is 351 g/mol. The van der Waals surface area contributed by atoms with Gasteiger partial charge in [-0.1, -0.05) is 17.3 Å². The number of nitrogens with zero attached hydrogens (tertiary/aromatic N) is 3. The fraction of sp³-hybridized carbons (Fsp3) is 0.250. The summed E-state index contributed by atoms with van der Waals surface area (Å²) < 4.78 is 18.3. The molecule has 5 nitrogen and oxygen atoms in total. The molecule has 0 saturated carbocycles. The van der Waals surface area contributed by atoms with Gasteiger partial charge in [-0.2, -0.15) is 4.98 Å². The van der Waals surface area contributed by atoms with Crippen molar-refractivity contribution in [2.75, 3.05) is 13.1 Å². The molecule has 1 saturated heterocycles. The van der Waals surface area contributed by atoms with E-state index in [1.54, 1.807) is 24.3 Å². The highest BCUT2D eigenvalue weighted by Crippen LogP contribution is 2.24. The van der Waals surface area contributed by atoms with Crippen molar-refractivity contribution in [3.8, 4) is 22.8 Å². The van der Waals surface area contributed by atoms with Gasteiger partial charge in [-0.05, 0) is 55.7 Å². The van der Waals surface area contributed by atoms with Gasteiger partial charge < -0.3 is 9.42 Å². The fourth-order valence-corrected chi connectivity index (χ4v) is 3.12. The molecule has 132 valence electrons. The fourth-order valence-electron chi connectivity index (χ4n) is 3.12. The minimum absolute atomic E-state index is 0.0359. The summed E-state index contributed by atoms with van der Waals surface area (Å²) in [7, 11) is 0. The highest BCUT2D eigenvalue weighted by molar-refractivity contribution is 5.95. The van der Waals surface area contributed by atoms with Gasteiger partial charge in [0, 0.05) is 29.8 Å². The quantitative estimate of drug-likeness (QED) is 0.711. The van der Waals surface area contributed by atoms with Crippen LogP contribution in [0.2, 0.25) is 0 Å². The van der Waals surface area contributed by atoms with Gasteiger partial charge in [0.25, 0.3) is 11.8 Å². The van der Waals surface area contributed by atoms with Crippen LogP contribution in [0.4, 0.5) is 4.39 Å². The van der Waals surface area contributed by atoms with Crippen molar-refractivity contribution in [3.63, 3.8) is 0 Å². The summed E-state index contributed by atoms with van der Waals surface area (Å²) in [4.78, 5) is 18.9. The zero-order valence-electron chi connectivity index (χ0n) is 14.2. The standard InChI is InChI=1S/C20H18FN3O2/c21-17-9-7-14(8-10-17)19-22-18(23-26-19)15-5-4-6-16(13-15)20(25)24-11-2-1-3-12-24/h4-10,13H,1-3,11-12H2. The third-order valence-electron chi connectivity index (χ3n) is 4.53. The van der Waals surface area contributed by atoms with Gasteiger partial charge in [0.2, 0.25) is 5.82 Å². The Labute approximate surface area is 150 Å². The Balaban J connectivity index is 1.58. The topological polar surface area (TPSA) is 59.2 Å². The second-order valence-electron chi connectivity index (χ2n) is 6.36. The lowest BCUT2D eigenvalue weighted by atomic mass is 10.1. The summed E-state index contributed by atoms with van der Waals surface area (Å²) in [6.45, 7) is 1.61. The van der Waals surface area contributed by atoms with Crippen molar-refractivity contribution in [2.24, 2.45) is 0 Å². The first-order valence-corrected chi connectivity index (χ1v) is 8.70. The minimum atomic E-state index is -0.322. The van der Waals surface area contributed by atoms with Crippen LogP contribution in [-0.4, -0.2) is 34.0 Å². The molecule has 1 aliphatic rings. The summed E-state index contributed by atoms with van der Waals surface area (Å²) >= 11 is 0. The van der Waals surface area contributed by atoms with Gasteiger partial charge in [0.1, 0.15) is 5.82 Å². The molecule has 0 spiro atoms. The molecule has 0 N–H and O–H groups in total. The summed E-state index contributed by atoms with van der Waals surface area (Å²) in [5.74, 6) is 0.427. The number of aromatic nitrogens is 2. The molecule has 0 aliphatic carbocycles. The highest BCUT2D eigenvalue weighted by atomic mass is 19.1. The average Bonchev–Trinajstić information content (AvgIpc) is 3.19. The summed E-state index contributed by atoms with van der Waals surface area (Å²) in [5, 5.41) is 3.99. The molecule has 1 aromatic heterocycles. The zero-order valence-corrected chi connectivity index (χ0v) is 14.2. The Bertz CT molecular complexity index is 915. The molecule has 1 amide bonds. The Morgan fingerprint density at radius 2 is 1.77 bits per heavy atom. The first-order valence-electron chi connectivity index (χ1n) is 8.70. The van der Waals surface area contributed by atoms with E-state index in [0.717, 1.165) is 25.9 Å². The van der Waals surface area contributed by atoms with Gasteiger partial charge >= 0.3 is 0 Å². The van der Waals surface area contributed by atoms with Crippen molar-refractivity contribution < 1.29 is 13.7 Å². The van der Waals surface area contributed by atoms with E-state index >= 15 is 0 Å². The van der Waals surface area contributed by atoms with Crippen LogP contribution in [0.1, 0.15) is 29.6 Å². The molecule has 0 atom stereocenters. The average molecular weight is 351 g/mol. The number of hydrogen-bond donors (Lipinski definition) is 0. The van der Waals surface area contributed by atoms with E-state index in [-0.39, 0.29) is 11.7 Å². The third-order valence-corrected chi connectivity index (χ3v) is 4.53. The van der Waals surface area contributed by atoms with Gasteiger partial charge in [-0.25, -0.2) is 4.39 Å². The van der Waals surface area contributed by atoms with E-state index < -0.39 is 0 Å². The molecular weight excluding hydrogens is 333 g/mol. The molecule has 1 aliphatic heterocycles. The van der Waals surface area contributed by atoms with Gasteiger partial charge in [-0.15, -0.1) is 0 Å². The third kappa shape index (κ3) is 3.35. The van der Waals surface area contributed by atoms with E-state index in [1.165, 1.54) is 18.6 Å². The van der Waals surface area contributed by atoms with E-state index in [9.17, 15) is 9.18 Å². The Hall–Kier alpha value is -3.02. The number of amides is 1. The number of carbonyl (C=O) groups is 1. The lowest BCUT2D eigenvalue weighted by Gasteiger charge is -2.26. The molecular formula is C20H18FN3O2. The van der Waals surface area contributed by atoms with Gasteiger partial charge in [0.05, 0.1) is 0 Å². The van der Waals surface area contributed by atoms with Crippen LogP contribution in [-0.2, 0) is 0 Å². The van der Waals surface area contributed by atoms with E-state index in [0.29, 0.717) is 28.4 Å². The lowest BCUT2D eigenvalue weighted by molar-refractivity contribution is 0.0724. The van der Waals surface area contributed by atoms with Crippen LogP contribution in [0.5, 0.6) is 0 Å². The molecule has 2 heterocycles. The van der Waals surface area contributed by atoms with Gasteiger partial charge in [0.15, 0.2) is 0 Å². The molecule has 6 heteroatoms. The summed E-state index contributed by atoms with van der Waals surface area (Å²) in [5.41, 5.74) is 1.98. The van der Waals surface area contributed by atoms with Gasteiger partial charge in [-0.3, -0.25) is 4.79 Å². The smallest absolute Gasteiger partial charge is 0.258 e. The lowest BCUT2D eigenvalue weighted by Crippen LogP contribution is -2.35. The number of rotatable bonds is 3. The number of hydrogen-bond acceptors (Lipinski definition) is 4. The molecule has 0 unspecified atom stereocenters. The van der Waals surface area contributed by atoms with Crippen LogP contribution < -0.4 is 0 Å². The molecule has 26 heavy (non-hydrogen) atoms. The zero-order chi connectivity index (χ0) is 17.9. The predicted octanol–water partition coefficient (Wildman–Crippen LogP) is 4.17. The molecule has 0 bridgehead atoms. The van der Waals surface area contributed by atoms with Crippen molar-refractivity contribution in [1.29, 1.82) is 0 Å². The van der Waals surface area contributed by atoms with Crippen molar-refractivity contribution >= 4 is 5.91 Å². The number of benzene rings is 2. The number of piperidine rings is 1. The molecule has 4 rings (SSSR count). The predicted molar refractivity (Wildman–Crippen MR) is 94.9 cm³/mol. The first kappa shape index (κ1) is 16.4. The number of likely N-dealkylation sites (tertiary alicyclic amines) is 1. The highest BCUT2D eigenvalue weighted by Gasteiger charge is 2.19. The van der Waals surface area contributed by atoms with Crippen LogP contribution in [0.3, 0.4) is 0 Å². The summed E-state index contributed by atoms with van der Waals surface area (Å²) in [6.07, 6.45) is 3.29. The SMILES string of the molecule is O=C(c1cccc(-c2noc(-c3ccc(F)cc3)n2)c1)N1CCCCC1. The van der Waals surface area contributed by atoms with Crippen LogP contribution in [0, 0.1) is 5.82 Å². The Kier molecular flexibility index (Phi) is 4.48. The van der Waals surface area contributed by atoms with Crippen molar-refractivity contribution in [1.82, 2.24) is 15.0 Å². The largest absolute Gasteiger partial charge is 0.339 e. The Morgan fingerprint density at radius 1 is 1.00 bits per heavy atom. The molecule has 0 radical (unpaired) electrons. The maximum atomic E-state index is 13.0. The van der Waals surface area contributed by atoms with Crippen molar-refractivity contribution in [3.05, 3.63) is 59.9 Å². The maximum Gasteiger partial charge on any atom is 0.258 e. The second kappa shape index (κ2) is 7.07. The number of carbonyl (C=O) groups excluding carboxylic acids is 1. The molecule has 3 aromatic rings. The normalized spacial score (nSPS) is 14.4.